The first-order valence-corrected chi connectivity index (χ1v) is 11.6. The number of carbonyl (C=O) groups is 4. The molecule has 0 aromatic carbocycles. The fourth-order valence-corrected chi connectivity index (χ4v) is 3.24. The number of hydrogen-bond acceptors (Lipinski definition) is 7. The molecule has 0 saturated carbocycles. The number of nitrogens with one attached hydrogen (secondary N) is 3. The lowest BCUT2D eigenvalue weighted by molar-refractivity contribution is -0.144. The van der Waals surface area contributed by atoms with Crippen molar-refractivity contribution >= 4 is 23.7 Å². The zero-order valence-electron chi connectivity index (χ0n) is 20.5. The summed E-state index contributed by atoms with van der Waals surface area (Å²) >= 11 is 0. The fraction of sp³-hybridized carbons (Fsp3) is 0.818. The van der Waals surface area contributed by atoms with Gasteiger partial charge in [0.2, 0.25) is 17.7 Å². The van der Waals surface area contributed by atoms with Crippen molar-refractivity contribution in [1.82, 2.24) is 16.0 Å². The predicted octanol–water partition coefficient (Wildman–Crippen LogP) is -0.545. The van der Waals surface area contributed by atoms with Crippen molar-refractivity contribution in [2.24, 2.45) is 23.3 Å². The molecule has 0 heterocycles. The first-order chi connectivity index (χ1) is 15.3. The molecule has 0 bridgehead atoms. The molecule has 3 amide bonds. The van der Waals surface area contributed by atoms with Crippen LogP contribution < -0.4 is 27.4 Å². The molecular weight excluding hydrogens is 430 g/mol. The van der Waals surface area contributed by atoms with Gasteiger partial charge in [0.25, 0.3) is 0 Å². The maximum absolute atomic E-state index is 12.9. The van der Waals surface area contributed by atoms with Crippen molar-refractivity contribution in [3.8, 4) is 0 Å². The van der Waals surface area contributed by atoms with E-state index in [4.69, 9.17) is 11.5 Å². The summed E-state index contributed by atoms with van der Waals surface area (Å²) in [5.74, 6) is -3.33. The Morgan fingerprint density at radius 3 is 1.91 bits per heavy atom. The van der Waals surface area contributed by atoms with Gasteiger partial charge in [-0.1, -0.05) is 34.1 Å². The third-order valence-corrected chi connectivity index (χ3v) is 5.48. The number of unbranched alkanes of at least 4 members (excludes halogenated alkanes) is 1. The molecule has 0 spiro atoms. The lowest BCUT2D eigenvalue weighted by atomic mass is 9.98. The molecule has 0 aromatic heterocycles. The van der Waals surface area contributed by atoms with E-state index in [1.807, 2.05) is 20.8 Å². The Hall–Kier alpha value is -2.24. The van der Waals surface area contributed by atoms with Gasteiger partial charge in [-0.2, -0.15) is 0 Å². The number of aliphatic carboxylic acids is 1. The number of nitrogens with two attached hydrogens (primary N) is 2. The first-order valence-electron chi connectivity index (χ1n) is 11.6. The molecule has 6 atom stereocenters. The molecule has 0 radical (unpaired) electrons. The molecule has 11 nitrogen and oxygen atoms in total. The summed E-state index contributed by atoms with van der Waals surface area (Å²) in [5, 5.41) is 27.0. The Kier molecular flexibility index (Phi) is 14.5. The van der Waals surface area contributed by atoms with E-state index >= 15 is 0 Å². The van der Waals surface area contributed by atoms with E-state index in [-0.39, 0.29) is 18.3 Å². The fourth-order valence-electron chi connectivity index (χ4n) is 3.24. The van der Waals surface area contributed by atoms with Gasteiger partial charge in [0.05, 0.1) is 12.1 Å². The van der Waals surface area contributed by atoms with Crippen molar-refractivity contribution in [2.45, 2.75) is 97.0 Å². The maximum Gasteiger partial charge on any atom is 0.326 e. The smallest absolute Gasteiger partial charge is 0.326 e. The normalized spacial score (nSPS) is 16.8. The molecule has 0 aliphatic rings. The summed E-state index contributed by atoms with van der Waals surface area (Å²) in [4.78, 5) is 49.7. The molecule has 0 fully saturated rings. The average molecular weight is 474 g/mol. The number of hydrogen-bond donors (Lipinski definition) is 7. The minimum absolute atomic E-state index is 0.160. The second-order valence-corrected chi connectivity index (χ2v) is 9.02. The zero-order valence-corrected chi connectivity index (χ0v) is 20.5. The van der Waals surface area contributed by atoms with Gasteiger partial charge in [-0.05, 0) is 51.0 Å². The van der Waals surface area contributed by atoms with Crippen molar-refractivity contribution in [2.75, 3.05) is 6.54 Å². The minimum Gasteiger partial charge on any atom is -0.480 e. The third kappa shape index (κ3) is 11.4. The highest BCUT2D eigenvalue weighted by atomic mass is 16.4. The molecule has 192 valence electrons. The summed E-state index contributed by atoms with van der Waals surface area (Å²) in [5.41, 5.74) is 11.4. The molecule has 0 aliphatic carbocycles. The molecule has 6 unspecified atom stereocenters. The Morgan fingerprint density at radius 1 is 0.879 bits per heavy atom. The van der Waals surface area contributed by atoms with E-state index in [2.05, 4.69) is 16.0 Å². The molecular formula is C22H43N5O6. The van der Waals surface area contributed by atoms with Crippen LogP contribution in [0.25, 0.3) is 0 Å². The van der Waals surface area contributed by atoms with Gasteiger partial charge in [-0.15, -0.1) is 0 Å². The predicted molar refractivity (Wildman–Crippen MR) is 125 cm³/mol. The van der Waals surface area contributed by atoms with Crippen LogP contribution in [0.1, 0.15) is 66.7 Å². The minimum atomic E-state index is -1.33. The van der Waals surface area contributed by atoms with Crippen LogP contribution in [0.5, 0.6) is 0 Å². The molecule has 0 aromatic rings. The van der Waals surface area contributed by atoms with Crippen LogP contribution in [0.3, 0.4) is 0 Å². The van der Waals surface area contributed by atoms with Gasteiger partial charge in [-0.25, -0.2) is 4.79 Å². The van der Waals surface area contributed by atoms with Gasteiger partial charge in [-0.3, -0.25) is 14.4 Å². The molecule has 0 rings (SSSR count). The van der Waals surface area contributed by atoms with Gasteiger partial charge in [0, 0.05) is 0 Å². The van der Waals surface area contributed by atoms with E-state index in [1.54, 1.807) is 6.92 Å². The third-order valence-electron chi connectivity index (χ3n) is 5.48. The lowest BCUT2D eigenvalue weighted by Crippen LogP contribution is -2.60. The molecule has 9 N–H and O–H groups in total. The van der Waals surface area contributed by atoms with E-state index in [1.165, 1.54) is 6.92 Å². The van der Waals surface area contributed by atoms with Crippen LogP contribution in [-0.4, -0.2) is 70.7 Å². The summed E-state index contributed by atoms with van der Waals surface area (Å²) in [7, 11) is 0. The number of carboxylic acid groups (broad SMARTS) is 1. The summed E-state index contributed by atoms with van der Waals surface area (Å²) in [6.07, 6.45) is 1.02. The maximum atomic E-state index is 12.9. The monoisotopic (exact) mass is 473 g/mol. The number of rotatable bonds is 16. The molecule has 0 saturated heterocycles. The largest absolute Gasteiger partial charge is 0.480 e. The second-order valence-electron chi connectivity index (χ2n) is 9.02. The Labute approximate surface area is 196 Å². The van der Waals surface area contributed by atoms with Crippen molar-refractivity contribution < 1.29 is 29.4 Å². The van der Waals surface area contributed by atoms with E-state index in [0.29, 0.717) is 32.2 Å². The van der Waals surface area contributed by atoms with Crippen molar-refractivity contribution in [3.05, 3.63) is 0 Å². The van der Waals surface area contributed by atoms with Crippen LogP contribution in [0.4, 0.5) is 0 Å². The quantitative estimate of drug-likeness (QED) is 0.145. The van der Waals surface area contributed by atoms with Gasteiger partial charge >= 0.3 is 5.97 Å². The summed E-state index contributed by atoms with van der Waals surface area (Å²) < 4.78 is 0. The molecule has 33 heavy (non-hydrogen) atoms. The topological polar surface area (TPSA) is 197 Å². The highest BCUT2D eigenvalue weighted by Crippen LogP contribution is 2.10. The van der Waals surface area contributed by atoms with Crippen LogP contribution in [0.15, 0.2) is 0 Å². The van der Waals surface area contributed by atoms with Crippen molar-refractivity contribution in [3.63, 3.8) is 0 Å². The van der Waals surface area contributed by atoms with E-state index in [9.17, 15) is 29.4 Å². The second kappa shape index (κ2) is 15.6. The van der Waals surface area contributed by atoms with E-state index < -0.39 is 54.0 Å². The number of aliphatic hydroxyl groups excluding tert-OH is 1. The Morgan fingerprint density at radius 2 is 1.45 bits per heavy atom. The average Bonchev–Trinajstić information content (AvgIpc) is 2.73. The van der Waals surface area contributed by atoms with Crippen LogP contribution >= 0.6 is 0 Å². The Bertz CT molecular complexity index is 643. The van der Waals surface area contributed by atoms with Crippen molar-refractivity contribution in [1.29, 1.82) is 0 Å². The lowest BCUT2D eigenvalue weighted by Gasteiger charge is -2.27. The summed E-state index contributed by atoms with van der Waals surface area (Å²) in [6.45, 7) is 9.06. The van der Waals surface area contributed by atoms with Gasteiger partial charge in [0.15, 0.2) is 0 Å². The number of aliphatic hydroxyl groups is 1. The standard InChI is InChI=1S/C22H43N5O6/c1-6-13(4)17(22(32)33)26-20(30)16(9-7-8-10-23)25-21(31)18(14(5)28)27-19(29)15(24)11-12(2)3/h12-18,28H,6-11,23-24H2,1-5H3,(H,25,31)(H,26,30)(H,27,29)(H,32,33). The molecule has 0 aliphatic heterocycles. The van der Waals surface area contributed by atoms with Crippen LogP contribution in [0, 0.1) is 11.8 Å². The van der Waals surface area contributed by atoms with Crippen LogP contribution in [0.2, 0.25) is 0 Å². The number of carboxylic acids is 1. The van der Waals surface area contributed by atoms with Gasteiger partial charge in [0.1, 0.15) is 18.1 Å². The highest BCUT2D eigenvalue weighted by molar-refractivity contribution is 5.94. The Balaban J connectivity index is 5.48. The highest BCUT2D eigenvalue weighted by Gasteiger charge is 2.33. The van der Waals surface area contributed by atoms with Gasteiger partial charge < -0.3 is 37.6 Å². The first kappa shape index (κ1) is 30.8. The van der Waals surface area contributed by atoms with E-state index in [0.717, 1.165) is 0 Å². The zero-order chi connectivity index (χ0) is 25.7. The molecule has 11 heteroatoms. The SMILES string of the molecule is CCC(C)C(NC(=O)C(CCCCN)NC(=O)C(NC(=O)C(N)CC(C)C)C(C)O)C(=O)O. The summed E-state index contributed by atoms with van der Waals surface area (Å²) in [6, 6.07) is -4.35. The number of amides is 3. The number of carbonyl (C=O) groups excluding carboxylic acids is 3. The van der Waals surface area contributed by atoms with Crippen LogP contribution in [-0.2, 0) is 19.2 Å².